The Morgan fingerprint density at radius 1 is 1.11 bits per heavy atom. The van der Waals surface area contributed by atoms with E-state index < -0.39 is 10.0 Å². The van der Waals surface area contributed by atoms with Crippen LogP contribution in [0.2, 0.25) is 0 Å². The smallest absolute Gasteiger partial charge is 0.232 e. The van der Waals surface area contributed by atoms with Gasteiger partial charge in [0.1, 0.15) is 5.65 Å². The van der Waals surface area contributed by atoms with E-state index in [0.29, 0.717) is 5.69 Å². The third-order valence-electron chi connectivity index (χ3n) is 4.79. The third kappa shape index (κ3) is 2.90. The monoisotopic (exact) mass is 380 g/mol. The maximum atomic E-state index is 12.2. The maximum absolute atomic E-state index is 12.2. The van der Waals surface area contributed by atoms with Gasteiger partial charge in [-0.1, -0.05) is 30.3 Å². The molecule has 0 saturated heterocycles. The van der Waals surface area contributed by atoms with Gasteiger partial charge < -0.3 is 10.3 Å². The normalized spacial score (nSPS) is 11.8. The molecule has 0 amide bonds. The summed E-state index contributed by atoms with van der Waals surface area (Å²) in [5.74, 6) is 0. The molecular weight excluding hydrogens is 360 g/mol. The third-order valence-corrected chi connectivity index (χ3v) is 5.98. The minimum Gasteiger partial charge on any atom is -0.388 e. The second-order valence-corrected chi connectivity index (χ2v) is 8.49. The molecule has 0 aliphatic carbocycles. The lowest BCUT2D eigenvalue weighted by molar-refractivity contribution is 0.600. The van der Waals surface area contributed by atoms with Gasteiger partial charge >= 0.3 is 0 Å². The lowest BCUT2D eigenvalue weighted by Gasteiger charge is -2.21. The molecule has 2 heterocycles. The fourth-order valence-electron chi connectivity index (χ4n) is 3.32. The molecule has 138 valence electrons. The number of aromatic nitrogens is 2. The second-order valence-electron chi connectivity index (χ2n) is 6.47. The molecule has 0 unspecified atom stereocenters. The van der Waals surface area contributed by atoms with Crippen molar-refractivity contribution < 1.29 is 8.42 Å². The SMILES string of the molecule is CNc1ccc2[nH]c3ncc(N(C)S(C)(=O)=O)c(-c4ccccc4)c3c2c1. The molecule has 0 fully saturated rings. The van der Waals surface area contributed by atoms with Crippen LogP contribution in [0, 0.1) is 0 Å². The summed E-state index contributed by atoms with van der Waals surface area (Å²) in [6.45, 7) is 0. The quantitative estimate of drug-likeness (QED) is 0.564. The fourth-order valence-corrected chi connectivity index (χ4v) is 3.81. The second kappa shape index (κ2) is 6.28. The van der Waals surface area contributed by atoms with Gasteiger partial charge in [-0.3, -0.25) is 4.31 Å². The number of anilines is 2. The summed E-state index contributed by atoms with van der Waals surface area (Å²) < 4.78 is 25.7. The van der Waals surface area contributed by atoms with E-state index in [9.17, 15) is 8.42 Å². The molecule has 0 aliphatic rings. The molecule has 0 spiro atoms. The first kappa shape index (κ1) is 17.4. The van der Waals surface area contributed by atoms with E-state index in [1.54, 1.807) is 13.2 Å². The van der Waals surface area contributed by atoms with Gasteiger partial charge in [0, 0.05) is 41.6 Å². The Labute approximate surface area is 157 Å². The topological polar surface area (TPSA) is 78.1 Å². The van der Waals surface area contributed by atoms with Crippen LogP contribution in [0.3, 0.4) is 0 Å². The standard InChI is InChI=1S/C20H20N4O2S/c1-21-14-9-10-16-15(11-14)19-18(13-7-5-4-6-8-13)17(12-22-20(19)23-16)24(2)27(3,25)26/h4-12,21H,1-3H3,(H,22,23). The zero-order chi connectivity index (χ0) is 19.2. The number of H-pyrrole nitrogens is 1. The van der Waals surface area contributed by atoms with Crippen molar-refractivity contribution in [3.05, 3.63) is 54.7 Å². The predicted molar refractivity (Wildman–Crippen MR) is 112 cm³/mol. The Balaban J connectivity index is 2.17. The molecule has 4 aromatic rings. The molecule has 2 aromatic heterocycles. The molecular formula is C20H20N4O2S. The van der Waals surface area contributed by atoms with E-state index in [-0.39, 0.29) is 0 Å². The van der Waals surface area contributed by atoms with Crippen LogP contribution in [0.15, 0.2) is 54.7 Å². The summed E-state index contributed by atoms with van der Waals surface area (Å²) in [6.07, 6.45) is 2.81. The number of fused-ring (bicyclic) bond motifs is 3. The molecule has 0 bridgehead atoms. The number of nitrogens with one attached hydrogen (secondary N) is 2. The molecule has 2 N–H and O–H groups in total. The van der Waals surface area contributed by atoms with Gasteiger partial charge in [0.05, 0.1) is 18.1 Å². The molecule has 0 radical (unpaired) electrons. The van der Waals surface area contributed by atoms with Gasteiger partial charge in [-0.2, -0.15) is 0 Å². The highest BCUT2D eigenvalue weighted by Gasteiger charge is 2.22. The first-order valence-electron chi connectivity index (χ1n) is 8.51. The number of hydrogen-bond donors (Lipinski definition) is 2. The van der Waals surface area contributed by atoms with E-state index in [4.69, 9.17) is 0 Å². The van der Waals surface area contributed by atoms with E-state index in [2.05, 4.69) is 15.3 Å². The van der Waals surface area contributed by atoms with Crippen LogP contribution >= 0.6 is 0 Å². The van der Waals surface area contributed by atoms with Crippen molar-refractivity contribution >= 4 is 43.3 Å². The van der Waals surface area contributed by atoms with Crippen LogP contribution in [0.4, 0.5) is 11.4 Å². The van der Waals surface area contributed by atoms with Gasteiger partial charge in [0.25, 0.3) is 0 Å². The summed E-state index contributed by atoms with van der Waals surface area (Å²) in [7, 11) is -0.00908. The Hall–Kier alpha value is -3.06. The van der Waals surface area contributed by atoms with Crippen LogP contribution in [0.25, 0.3) is 33.1 Å². The number of sulfonamides is 1. The summed E-state index contributed by atoms with van der Waals surface area (Å²) in [5, 5.41) is 5.05. The summed E-state index contributed by atoms with van der Waals surface area (Å²) in [4.78, 5) is 7.85. The van der Waals surface area contributed by atoms with Crippen molar-refractivity contribution in [1.82, 2.24) is 9.97 Å². The predicted octanol–water partition coefficient (Wildman–Crippen LogP) is 3.82. The zero-order valence-electron chi connectivity index (χ0n) is 15.3. The molecule has 4 rings (SSSR count). The molecule has 0 saturated carbocycles. The Morgan fingerprint density at radius 3 is 2.52 bits per heavy atom. The van der Waals surface area contributed by atoms with Crippen LogP contribution in [0.5, 0.6) is 0 Å². The van der Waals surface area contributed by atoms with Gasteiger partial charge in [-0.05, 0) is 23.8 Å². The molecule has 0 aliphatic heterocycles. The summed E-state index contributed by atoms with van der Waals surface area (Å²) in [5.41, 5.74) is 4.98. The Bertz CT molecular complexity index is 1250. The lowest BCUT2D eigenvalue weighted by Crippen LogP contribution is -2.25. The van der Waals surface area contributed by atoms with Crippen molar-refractivity contribution in [3.63, 3.8) is 0 Å². The van der Waals surface area contributed by atoms with Gasteiger partial charge in [0.2, 0.25) is 10.0 Å². The van der Waals surface area contributed by atoms with Crippen LogP contribution in [-0.4, -0.2) is 38.7 Å². The zero-order valence-corrected chi connectivity index (χ0v) is 16.1. The number of pyridine rings is 1. The molecule has 0 atom stereocenters. The fraction of sp³-hybridized carbons (Fsp3) is 0.150. The minimum absolute atomic E-state index is 0.548. The van der Waals surface area contributed by atoms with Crippen molar-refractivity contribution in [3.8, 4) is 11.1 Å². The van der Waals surface area contributed by atoms with Gasteiger partial charge in [0.15, 0.2) is 0 Å². The average molecular weight is 380 g/mol. The Kier molecular flexibility index (Phi) is 4.04. The number of hydrogen-bond acceptors (Lipinski definition) is 4. The highest BCUT2D eigenvalue weighted by molar-refractivity contribution is 7.92. The highest BCUT2D eigenvalue weighted by atomic mass is 32.2. The molecule has 27 heavy (non-hydrogen) atoms. The summed E-state index contributed by atoms with van der Waals surface area (Å²) >= 11 is 0. The molecule has 7 heteroatoms. The van der Waals surface area contributed by atoms with E-state index >= 15 is 0 Å². The van der Waals surface area contributed by atoms with Crippen molar-refractivity contribution in [1.29, 1.82) is 0 Å². The van der Waals surface area contributed by atoms with Gasteiger partial charge in [-0.25, -0.2) is 13.4 Å². The average Bonchev–Trinajstić information content (AvgIpc) is 3.04. The highest BCUT2D eigenvalue weighted by Crippen LogP contribution is 2.40. The Morgan fingerprint density at radius 2 is 1.85 bits per heavy atom. The molecule has 6 nitrogen and oxygen atoms in total. The number of benzene rings is 2. The van der Waals surface area contributed by atoms with Crippen LogP contribution in [-0.2, 0) is 10.0 Å². The maximum Gasteiger partial charge on any atom is 0.232 e. The van der Waals surface area contributed by atoms with Crippen molar-refractivity contribution in [2.75, 3.05) is 30.0 Å². The largest absolute Gasteiger partial charge is 0.388 e. The van der Waals surface area contributed by atoms with Crippen molar-refractivity contribution in [2.45, 2.75) is 0 Å². The number of nitrogens with zero attached hydrogens (tertiary/aromatic N) is 2. The number of rotatable bonds is 4. The van der Waals surface area contributed by atoms with Crippen LogP contribution in [0.1, 0.15) is 0 Å². The molecule has 2 aromatic carbocycles. The lowest BCUT2D eigenvalue weighted by atomic mass is 9.99. The first-order chi connectivity index (χ1) is 12.9. The minimum atomic E-state index is -3.43. The van der Waals surface area contributed by atoms with Gasteiger partial charge in [-0.15, -0.1) is 0 Å². The van der Waals surface area contributed by atoms with Crippen molar-refractivity contribution in [2.24, 2.45) is 0 Å². The van der Waals surface area contributed by atoms with Crippen LogP contribution < -0.4 is 9.62 Å². The first-order valence-corrected chi connectivity index (χ1v) is 10.4. The van der Waals surface area contributed by atoms with E-state index in [0.717, 1.165) is 38.8 Å². The summed E-state index contributed by atoms with van der Waals surface area (Å²) in [6, 6.07) is 15.8. The van der Waals surface area contributed by atoms with E-state index in [1.807, 2.05) is 55.6 Å². The number of aromatic amines is 1. The van der Waals surface area contributed by atoms with E-state index in [1.165, 1.54) is 10.6 Å².